The molecule has 0 aliphatic rings. The van der Waals surface area contributed by atoms with Gasteiger partial charge in [0.25, 0.3) is 0 Å². The van der Waals surface area contributed by atoms with Crippen LogP contribution in [0.4, 0.5) is 17.6 Å². The highest BCUT2D eigenvalue weighted by Gasteiger charge is 2.13. The summed E-state index contributed by atoms with van der Waals surface area (Å²) < 4.78 is 58.3. The van der Waals surface area contributed by atoms with Crippen molar-refractivity contribution in [1.82, 2.24) is 0 Å². The molecule has 5 heteroatoms. The van der Waals surface area contributed by atoms with Gasteiger partial charge in [0, 0.05) is 10.8 Å². The topological polar surface area (TPSA) is 9.23 Å². The van der Waals surface area contributed by atoms with Crippen LogP contribution in [0.5, 0.6) is 5.75 Å². The van der Waals surface area contributed by atoms with E-state index in [0.717, 1.165) is 11.1 Å². The highest BCUT2D eigenvalue weighted by Crippen LogP contribution is 2.34. The Morgan fingerprint density at radius 3 is 2.07 bits per heavy atom. The Bertz CT molecular complexity index is 1170. The van der Waals surface area contributed by atoms with E-state index >= 15 is 0 Å². The molecule has 0 saturated carbocycles. The number of hydrogen-bond acceptors (Lipinski definition) is 1. The maximum Gasteiger partial charge on any atom is 0.387 e. The molecule has 0 radical (unpaired) electrons. The maximum absolute atomic E-state index is 14.8. The van der Waals surface area contributed by atoms with E-state index in [9.17, 15) is 17.6 Å². The summed E-state index contributed by atoms with van der Waals surface area (Å²) in [6.45, 7) is -1.03. The Labute approximate surface area is 159 Å². The Hall–Kier alpha value is -3.08. The fraction of sp³-hybridized carbons (Fsp3) is 0.130. The molecule has 4 rings (SSSR count). The van der Waals surface area contributed by atoms with Crippen molar-refractivity contribution >= 4 is 21.5 Å². The summed E-state index contributed by atoms with van der Waals surface area (Å²) in [6.07, 6.45) is 0.533. The van der Waals surface area contributed by atoms with E-state index in [4.69, 9.17) is 0 Å². The smallest absolute Gasteiger partial charge is 0.387 e. The summed E-state index contributed by atoms with van der Waals surface area (Å²) in [5.41, 5.74) is 2.00. The van der Waals surface area contributed by atoms with E-state index < -0.39 is 12.4 Å². The van der Waals surface area contributed by atoms with Crippen LogP contribution in [-0.2, 0) is 6.42 Å². The molecule has 0 spiro atoms. The van der Waals surface area contributed by atoms with Crippen LogP contribution < -0.4 is 4.74 Å². The molecule has 0 aliphatic carbocycles. The zero-order valence-electron chi connectivity index (χ0n) is 15.0. The van der Waals surface area contributed by atoms with Crippen LogP contribution in [0.25, 0.3) is 32.7 Å². The molecule has 4 aromatic carbocycles. The van der Waals surface area contributed by atoms with Crippen molar-refractivity contribution in [3.05, 3.63) is 77.9 Å². The molecule has 0 N–H and O–H groups in total. The molecule has 28 heavy (non-hydrogen) atoms. The molecule has 0 heterocycles. The first kappa shape index (κ1) is 18.3. The van der Waals surface area contributed by atoms with Gasteiger partial charge < -0.3 is 4.74 Å². The summed E-state index contributed by atoms with van der Waals surface area (Å²) in [4.78, 5) is 0. The van der Waals surface area contributed by atoms with Gasteiger partial charge in [-0.3, -0.25) is 0 Å². The molecule has 0 unspecified atom stereocenters. The first-order chi connectivity index (χ1) is 13.5. The summed E-state index contributed by atoms with van der Waals surface area (Å²) in [5, 5.41) is 1.92. The predicted molar refractivity (Wildman–Crippen MR) is 103 cm³/mol. The number of ether oxygens (including phenoxy) is 1. The van der Waals surface area contributed by atoms with Crippen molar-refractivity contribution in [2.24, 2.45) is 0 Å². The lowest BCUT2D eigenvalue weighted by atomic mass is 9.95. The molecule has 0 saturated heterocycles. The van der Waals surface area contributed by atoms with Crippen LogP contribution in [0.1, 0.15) is 12.5 Å². The van der Waals surface area contributed by atoms with E-state index in [2.05, 4.69) is 4.74 Å². The Balaban J connectivity index is 1.83. The number of fused-ring (bicyclic) bond motifs is 3. The highest BCUT2D eigenvalue weighted by molar-refractivity contribution is 6.09. The molecule has 0 aromatic heterocycles. The SMILES string of the molecule is CCc1ccc2c(cc(F)c3cc(-c4ccc(OC(F)F)cc4)ccc32)c1F. The van der Waals surface area contributed by atoms with E-state index in [-0.39, 0.29) is 17.0 Å². The fourth-order valence-corrected chi connectivity index (χ4v) is 3.48. The average Bonchev–Trinajstić information content (AvgIpc) is 2.69. The van der Waals surface area contributed by atoms with Crippen LogP contribution in [0.3, 0.4) is 0 Å². The Morgan fingerprint density at radius 2 is 1.39 bits per heavy atom. The minimum absolute atomic E-state index is 0.0546. The largest absolute Gasteiger partial charge is 0.435 e. The summed E-state index contributed by atoms with van der Waals surface area (Å²) in [6, 6.07) is 16.1. The third-order valence-corrected chi connectivity index (χ3v) is 4.89. The monoisotopic (exact) mass is 384 g/mol. The van der Waals surface area contributed by atoms with Gasteiger partial charge >= 0.3 is 6.61 Å². The van der Waals surface area contributed by atoms with E-state index in [1.54, 1.807) is 36.4 Å². The molecule has 0 amide bonds. The van der Waals surface area contributed by atoms with Gasteiger partial charge in [0.2, 0.25) is 0 Å². The Kier molecular flexibility index (Phi) is 4.67. The number of aryl methyl sites for hydroxylation is 1. The summed E-state index contributed by atoms with van der Waals surface area (Å²) in [7, 11) is 0. The second-order valence-electron chi connectivity index (χ2n) is 6.51. The number of halogens is 4. The van der Waals surface area contributed by atoms with E-state index in [1.807, 2.05) is 13.0 Å². The average molecular weight is 384 g/mol. The van der Waals surface area contributed by atoms with Crippen LogP contribution in [0.2, 0.25) is 0 Å². The molecular weight excluding hydrogens is 368 g/mol. The maximum atomic E-state index is 14.8. The second kappa shape index (κ2) is 7.15. The zero-order valence-corrected chi connectivity index (χ0v) is 15.0. The van der Waals surface area contributed by atoms with E-state index in [0.29, 0.717) is 28.1 Å². The lowest BCUT2D eigenvalue weighted by Gasteiger charge is -2.11. The van der Waals surface area contributed by atoms with Crippen LogP contribution >= 0.6 is 0 Å². The Morgan fingerprint density at radius 1 is 0.750 bits per heavy atom. The molecule has 142 valence electrons. The third-order valence-electron chi connectivity index (χ3n) is 4.89. The normalized spacial score (nSPS) is 11.5. The lowest BCUT2D eigenvalue weighted by molar-refractivity contribution is -0.0498. The number of alkyl halides is 2. The van der Waals surface area contributed by atoms with Crippen molar-refractivity contribution in [2.75, 3.05) is 0 Å². The van der Waals surface area contributed by atoms with Gasteiger partial charge in [0.15, 0.2) is 0 Å². The van der Waals surface area contributed by atoms with Gasteiger partial charge in [-0.15, -0.1) is 0 Å². The molecule has 1 nitrogen and oxygen atoms in total. The molecular formula is C23H16F4O. The van der Waals surface area contributed by atoms with Crippen molar-refractivity contribution in [1.29, 1.82) is 0 Å². The summed E-state index contributed by atoms with van der Waals surface area (Å²) in [5.74, 6) is -0.840. The van der Waals surface area contributed by atoms with Crippen molar-refractivity contribution in [3.8, 4) is 16.9 Å². The van der Waals surface area contributed by atoms with Gasteiger partial charge in [-0.2, -0.15) is 8.78 Å². The minimum atomic E-state index is -2.89. The van der Waals surface area contributed by atoms with Crippen LogP contribution in [0, 0.1) is 11.6 Å². The molecule has 0 atom stereocenters. The quantitative estimate of drug-likeness (QED) is 0.269. The van der Waals surface area contributed by atoms with Gasteiger partial charge in [0.05, 0.1) is 0 Å². The van der Waals surface area contributed by atoms with Gasteiger partial charge in [-0.1, -0.05) is 43.3 Å². The van der Waals surface area contributed by atoms with Crippen LogP contribution in [-0.4, -0.2) is 6.61 Å². The third kappa shape index (κ3) is 3.17. The zero-order chi connectivity index (χ0) is 19.8. The van der Waals surface area contributed by atoms with Crippen molar-refractivity contribution in [3.63, 3.8) is 0 Å². The van der Waals surface area contributed by atoms with Crippen molar-refractivity contribution < 1.29 is 22.3 Å². The molecule has 0 bridgehead atoms. The summed E-state index contributed by atoms with van der Waals surface area (Å²) >= 11 is 0. The fourth-order valence-electron chi connectivity index (χ4n) is 3.48. The predicted octanol–water partition coefficient (Wildman–Crippen LogP) is 7.10. The number of hydrogen-bond donors (Lipinski definition) is 0. The van der Waals surface area contributed by atoms with Crippen molar-refractivity contribution in [2.45, 2.75) is 20.0 Å². The van der Waals surface area contributed by atoms with Crippen LogP contribution in [0.15, 0.2) is 60.7 Å². The first-order valence-corrected chi connectivity index (χ1v) is 8.86. The van der Waals surface area contributed by atoms with Gasteiger partial charge in [-0.25, -0.2) is 8.78 Å². The molecule has 0 fully saturated rings. The lowest BCUT2D eigenvalue weighted by Crippen LogP contribution is -2.01. The molecule has 0 aliphatic heterocycles. The number of rotatable bonds is 4. The van der Waals surface area contributed by atoms with Gasteiger partial charge in [0.1, 0.15) is 17.4 Å². The second-order valence-corrected chi connectivity index (χ2v) is 6.51. The van der Waals surface area contributed by atoms with Gasteiger partial charge in [-0.05, 0) is 58.1 Å². The first-order valence-electron chi connectivity index (χ1n) is 8.86. The number of benzene rings is 4. The van der Waals surface area contributed by atoms with E-state index in [1.165, 1.54) is 18.2 Å². The minimum Gasteiger partial charge on any atom is -0.435 e. The highest BCUT2D eigenvalue weighted by atomic mass is 19.3. The standard InChI is InChI=1S/C23H16F4O/c1-2-13-5-9-18-17-10-6-15(11-19(17)21(24)12-20(18)22(13)25)14-3-7-16(8-4-14)28-23(26)27/h3-12,23H,2H2,1H3. The molecule has 4 aromatic rings.